The van der Waals surface area contributed by atoms with Crippen molar-refractivity contribution in [3.05, 3.63) is 29.6 Å². The molecule has 0 amide bonds. The molecule has 0 fully saturated rings. The van der Waals surface area contributed by atoms with Crippen molar-refractivity contribution >= 4 is 17.4 Å². The molecule has 1 rings (SSSR count). The minimum absolute atomic E-state index is 0.120. The molecular weight excluding hydrogens is 247 g/mol. The van der Waals surface area contributed by atoms with E-state index in [2.05, 4.69) is 16.5 Å². The fraction of sp³-hybridized carbons (Fsp3) is 0.571. The van der Waals surface area contributed by atoms with Gasteiger partial charge in [0.05, 0.1) is 0 Å². The second-order valence-corrected chi connectivity index (χ2v) is 5.27. The van der Waals surface area contributed by atoms with Crippen LogP contribution < -0.4 is 10.2 Å². The number of halogens is 1. The minimum atomic E-state index is -0.120. The molecule has 0 aromatic heterocycles. The van der Waals surface area contributed by atoms with Crippen molar-refractivity contribution in [2.75, 3.05) is 37.0 Å². The van der Waals surface area contributed by atoms with Crippen molar-refractivity contribution in [1.82, 2.24) is 5.32 Å². The van der Waals surface area contributed by atoms with Gasteiger partial charge in [0.1, 0.15) is 5.82 Å². The molecule has 0 saturated carbocycles. The summed E-state index contributed by atoms with van der Waals surface area (Å²) in [6, 6.07) is 5.31. The Bertz CT molecular complexity index is 358. The molecule has 0 bridgehead atoms. The highest BCUT2D eigenvalue weighted by Crippen LogP contribution is 2.22. The zero-order chi connectivity index (χ0) is 13.4. The van der Waals surface area contributed by atoms with Gasteiger partial charge in [-0.3, -0.25) is 0 Å². The number of nitrogens with one attached hydrogen (secondary N) is 1. The van der Waals surface area contributed by atoms with Gasteiger partial charge in [0.2, 0.25) is 0 Å². The maximum Gasteiger partial charge on any atom is 0.129 e. The predicted octanol–water partition coefficient (Wildman–Crippen LogP) is 3.12. The summed E-state index contributed by atoms with van der Waals surface area (Å²) in [4.78, 5) is 2.14. The van der Waals surface area contributed by atoms with Crippen LogP contribution in [-0.4, -0.2) is 32.1 Å². The van der Waals surface area contributed by atoms with Crippen LogP contribution in [0.1, 0.15) is 18.9 Å². The first-order chi connectivity index (χ1) is 8.70. The predicted molar refractivity (Wildman–Crippen MR) is 80.0 cm³/mol. The largest absolute Gasteiger partial charge is 0.374 e. The topological polar surface area (TPSA) is 15.3 Å². The standard InChI is InChI=1S/C14H23FN2S/c1-4-16-11-12-13(15)7-5-8-14(12)17(2)9-6-10-18-3/h5,7-8,16H,4,6,9-11H2,1-3H3. The van der Waals surface area contributed by atoms with Gasteiger partial charge < -0.3 is 10.2 Å². The lowest BCUT2D eigenvalue weighted by molar-refractivity contribution is 0.592. The normalized spacial score (nSPS) is 10.7. The van der Waals surface area contributed by atoms with Crippen molar-refractivity contribution in [3.63, 3.8) is 0 Å². The van der Waals surface area contributed by atoms with Crippen molar-refractivity contribution in [2.24, 2.45) is 0 Å². The van der Waals surface area contributed by atoms with Gasteiger partial charge in [-0.15, -0.1) is 0 Å². The Morgan fingerprint density at radius 3 is 2.83 bits per heavy atom. The summed E-state index contributed by atoms with van der Waals surface area (Å²) >= 11 is 1.85. The van der Waals surface area contributed by atoms with E-state index in [0.717, 1.165) is 36.5 Å². The van der Waals surface area contributed by atoms with Crippen LogP contribution in [0.2, 0.25) is 0 Å². The molecular formula is C14H23FN2S. The summed E-state index contributed by atoms with van der Waals surface area (Å²) in [7, 11) is 2.03. The Hall–Kier alpha value is -0.740. The summed E-state index contributed by atoms with van der Waals surface area (Å²) in [5, 5.41) is 3.20. The van der Waals surface area contributed by atoms with Gasteiger partial charge in [-0.1, -0.05) is 13.0 Å². The molecule has 0 heterocycles. The smallest absolute Gasteiger partial charge is 0.129 e. The SMILES string of the molecule is CCNCc1c(F)cccc1N(C)CCCSC. The Kier molecular flexibility index (Phi) is 7.13. The van der Waals surface area contributed by atoms with E-state index in [1.807, 2.05) is 31.8 Å². The van der Waals surface area contributed by atoms with Crippen LogP contribution in [-0.2, 0) is 6.54 Å². The van der Waals surface area contributed by atoms with Crippen LogP contribution in [0.15, 0.2) is 18.2 Å². The van der Waals surface area contributed by atoms with E-state index in [-0.39, 0.29) is 5.82 Å². The molecule has 0 radical (unpaired) electrons. The van der Waals surface area contributed by atoms with E-state index in [9.17, 15) is 4.39 Å². The molecule has 18 heavy (non-hydrogen) atoms. The number of nitrogens with zero attached hydrogens (tertiary/aromatic N) is 1. The lowest BCUT2D eigenvalue weighted by atomic mass is 10.1. The lowest BCUT2D eigenvalue weighted by Crippen LogP contribution is -2.23. The number of rotatable bonds is 8. The number of anilines is 1. The molecule has 0 aliphatic heterocycles. The Balaban J connectivity index is 2.75. The van der Waals surface area contributed by atoms with Crippen LogP contribution in [0.4, 0.5) is 10.1 Å². The maximum atomic E-state index is 13.9. The van der Waals surface area contributed by atoms with E-state index in [4.69, 9.17) is 0 Å². The molecule has 1 aromatic carbocycles. The third-order valence-corrected chi connectivity index (χ3v) is 3.60. The molecule has 102 valence electrons. The number of hydrogen-bond acceptors (Lipinski definition) is 3. The molecule has 0 atom stereocenters. The summed E-state index contributed by atoms with van der Waals surface area (Å²) < 4.78 is 13.9. The van der Waals surface area contributed by atoms with Gasteiger partial charge in [0, 0.05) is 31.4 Å². The monoisotopic (exact) mass is 270 g/mol. The van der Waals surface area contributed by atoms with Crippen LogP contribution >= 0.6 is 11.8 Å². The second-order valence-electron chi connectivity index (χ2n) is 4.29. The van der Waals surface area contributed by atoms with Crippen molar-refractivity contribution in [3.8, 4) is 0 Å². The van der Waals surface area contributed by atoms with Gasteiger partial charge in [-0.25, -0.2) is 4.39 Å². The number of hydrogen-bond donors (Lipinski definition) is 1. The van der Waals surface area contributed by atoms with E-state index in [1.54, 1.807) is 6.07 Å². The molecule has 4 heteroatoms. The molecule has 0 spiro atoms. The van der Waals surface area contributed by atoms with Gasteiger partial charge in [-0.05, 0) is 37.1 Å². The fourth-order valence-corrected chi connectivity index (χ4v) is 2.31. The van der Waals surface area contributed by atoms with Crippen LogP contribution in [0.25, 0.3) is 0 Å². The van der Waals surface area contributed by atoms with E-state index >= 15 is 0 Å². The van der Waals surface area contributed by atoms with Gasteiger partial charge in [-0.2, -0.15) is 11.8 Å². The molecule has 1 aromatic rings. The molecule has 2 nitrogen and oxygen atoms in total. The van der Waals surface area contributed by atoms with Crippen molar-refractivity contribution < 1.29 is 4.39 Å². The Morgan fingerprint density at radius 2 is 2.17 bits per heavy atom. The highest BCUT2D eigenvalue weighted by molar-refractivity contribution is 7.98. The highest BCUT2D eigenvalue weighted by Gasteiger charge is 2.11. The van der Waals surface area contributed by atoms with Gasteiger partial charge in [0.25, 0.3) is 0 Å². The quantitative estimate of drug-likeness (QED) is 0.731. The molecule has 0 unspecified atom stereocenters. The van der Waals surface area contributed by atoms with Crippen LogP contribution in [0.3, 0.4) is 0 Å². The molecule has 0 aliphatic rings. The Morgan fingerprint density at radius 1 is 1.39 bits per heavy atom. The summed E-state index contributed by atoms with van der Waals surface area (Å²) in [5.74, 6) is 1.02. The van der Waals surface area contributed by atoms with Gasteiger partial charge >= 0.3 is 0 Å². The average Bonchev–Trinajstić information content (AvgIpc) is 2.37. The van der Waals surface area contributed by atoms with E-state index in [0.29, 0.717) is 6.54 Å². The highest BCUT2D eigenvalue weighted by atomic mass is 32.2. The maximum absolute atomic E-state index is 13.9. The van der Waals surface area contributed by atoms with Crippen molar-refractivity contribution in [1.29, 1.82) is 0 Å². The Labute approximate surface area is 114 Å². The van der Waals surface area contributed by atoms with E-state index in [1.165, 1.54) is 6.07 Å². The first-order valence-corrected chi connectivity index (χ1v) is 7.78. The summed E-state index contributed by atoms with van der Waals surface area (Å²) in [5.41, 5.74) is 1.77. The van der Waals surface area contributed by atoms with Crippen LogP contribution in [0.5, 0.6) is 0 Å². The van der Waals surface area contributed by atoms with E-state index < -0.39 is 0 Å². The molecule has 0 aliphatic carbocycles. The molecule has 0 saturated heterocycles. The number of benzene rings is 1. The second kappa shape index (κ2) is 8.38. The van der Waals surface area contributed by atoms with Crippen LogP contribution in [0, 0.1) is 5.82 Å². The lowest BCUT2D eigenvalue weighted by Gasteiger charge is -2.23. The summed E-state index contributed by atoms with van der Waals surface area (Å²) in [6.45, 7) is 4.43. The van der Waals surface area contributed by atoms with Gasteiger partial charge in [0.15, 0.2) is 0 Å². The third kappa shape index (κ3) is 4.50. The zero-order valence-electron chi connectivity index (χ0n) is 11.5. The zero-order valence-corrected chi connectivity index (χ0v) is 12.3. The fourth-order valence-electron chi connectivity index (χ4n) is 1.90. The number of thioether (sulfide) groups is 1. The first-order valence-electron chi connectivity index (χ1n) is 6.38. The first kappa shape index (κ1) is 15.3. The summed E-state index contributed by atoms with van der Waals surface area (Å²) in [6.07, 6.45) is 3.23. The molecule has 1 N–H and O–H groups in total. The minimum Gasteiger partial charge on any atom is -0.374 e. The van der Waals surface area contributed by atoms with Crippen molar-refractivity contribution in [2.45, 2.75) is 19.9 Å². The third-order valence-electron chi connectivity index (χ3n) is 2.90. The average molecular weight is 270 g/mol.